The van der Waals surface area contributed by atoms with E-state index in [1.807, 2.05) is 23.3 Å². The SMILES string of the molecule is O=Cc1ccc(CNc2ccc(CN3CCCO3)cc2[N+](=O)[O-])cc1. The summed E-state index contributed by atoms with van der Waals surface area (Å²) >= 11 is 0. The molecule has 0 amide bonds. The Morgan fingerprint density at radius 3 is 2.60 bits per heavy atom. The summed E-state index contributed by atoms with van der Waals surface area (Å²) in [4.78, 5) is 27.1. The Balaban J connectivity index is 1.70. The Morgan fingerprint density at radius 2 is 1.96 bits per heavy atom. The van der Waals surface area contributed by atoms with E-state index in [4.69, 9.17) is 4.84 Å². The van der Waals surface area contributed by atoms with Crippen LogP contribution in [0.4, 0.5) is 11.4 Å². The van der Waals surface area contributed by atoms with Crippen molar-refractivity contribution < 1.29 is 14.6 Å². The number of nitro benzene ring substituents is 1. The van der Waals surface area contributed by atoms with E-state index in [0.717, 1.165) is 30.4 Å². The molecule has 0 radical (unpaired) electrons. The summed E-state index contributed by atoms with van der Waals surface area (Å²) in [7, 11) is 0. The van der Waals surface area contributed by atoms with E-state index in [9.17, 15) is 14.9 Å². The van der Waals surface area contributed by atoms with E-state index in [-0.39, 0.29) is 10.6 Å². The first-order valence-electron chi connectivity index (χ1n) is 8.09. The van der Waals surface area contributed by atoms with Gasteiger partial charge < -0.3 is 5.32 Å². The fraction of sp³-hybridized carbons (Fsp3) is 0.278. The van der Waals surface area contributed by atoms with Crippen LogP contribution in [0.25, 0.3) is 0 Å². The quantitative estimate of drug-likeness (QED) is 0.473. The molecule has 1 aliphatic rings. The Kier molecular flexibility index (Phi) is 5.37. The van der Waals surface area contributed by atoms with Crippen LogP contribution >= 0.6 is 0 Å². The highest BCUT2D eigenvalue weighted by Gasteiger charge is 2.18. The van der Waals surface area contributed by atoms with Crippen LogP contribution in [-0.2, 0) is 17.9 Å². The van der Waals surface area contributed by atoms with Crippen LogP contribution in [-0.4, -0.2) is 29.4 Å². The van der Waals surface area contributed by atoms with Gasteiger partial charge in [-0.05, 0) is 23.6 Å². The minimum absolute atomic E-state index is 0.0428. The molecule has 0 saturated carbocycles. The predicted octanol–water partition coefficient (Wildman–Crippen LogP) is 3.16. The number of hydrogen-bond donors (Lipinski definition) is 1. The number of nitrogens with zero attached hydrogens (tertiary/aromatic N) is 2. The van der Waals surface area contributed by atoms with Crippen LogP contribution in [0.3, 0.4) is 0 Å². The van der Waals surface area contributed by atoms with Gasteiger partial charge in [0, 0.05) is 31.3 Å². The van der Waals surface area contributed by atoms with Crippen molar-refractivity contribution in [3.8, 4) is 0 Å². The van der Waals surface area contributed by atoms with Crippen LogP contribution in [0.15, 0.2) is 42.5 Å². The molecule has 7 nitrogen and oxygen atoms in total. The van der Waals surface area contributed by atoms with Gasteiger partial charge in [-0.25, -0.2) is 0 Å². The molecule has 1 heterocycles. The second kappa shape index (κ2) is 7.87. The monoisotopic (exact) mass is 341 g/mol. The number of carbonyl (C=O) groups excluding carboxylic acids is 1. The lowest BCUT2D eigenvalue weighted by molar-refractivity contribution is -0.384. The minimum atomic E-state index is -0.383. The first-order valence-corrected chi connectivity index (χ1v) is 8.09. The predicted molar refractivity (Wildman–Crippen MR) is 93.2 cm³/mol. The molecule has 25 heavy (non-hydrogen) atoms. The average molecular weight is 341 g/mol. The van der Waals surface area contributed by atoms with E-state index in [1.165, 1.54) is 0 Å². The molecule has 0 bridgehead atoms. The zero-order valence-corrected chi connectivity index (χ0v) is 13.7. The number of aldehydes is 1. The molecule has 3 rings (SSSR count). The molecule has 1 saturated heterocycles. The van der Waals surface area contributed by atoms with Crippen LogP contribution in [0.5, 0.6) is 0 Å². The number of hydrogen-bond acceptors (Lipinski definition) is 6. The highest BCUT2D eigenvalue weighted by Crippen LogP contribution is 2.27. The maximum absolute atomic E-state index is 11.4. The fourth-order valence-corrected chi connectivity index (χ4v) is 2.71. The number of hydroxylamine groups is 2. The third-order valence-corrected chi connectivity index (χ3v) is 4.04. The Morgan fingerprint density at radius 1 is 1.20 bits per heavy atom. The van der Waals surface area contributed by atoms with Gasteiger partial charge in [0.15, 0.2) is 0 Å². The zero-order chi connectivity index (χ0) is 17.6. The molecule has 0 atom stereocenters. The van der Waals surface area contributed by atoms with Crippen molar-refractivity contribution >= 4 is 17.7 Å². The van der Waals surface area contributed by atoms with E-state index >= 15 is 0 Å². The smallest absolute Gasteiger partial charge is 0.292 e. The molecule has 0 spiro atoms. The molecule has 1 N–H and O–H groups in total. The number of anilines is 1. The van der Waals surface area contributed by atoms with Gasteiger partial charge in [0.2, 0.25) is 0 Å². The molecular formula is C18H19N3O4. The molecule has 0 aromatic heterocycles. The van der Waals surface area contributed by atoms with Crippen molar-refractivity contribution in [2.24, 2.45) is 0 Å². The van der Waals surface area contributed by atoms with Gasteiger partial charge in [-0.15, -0.1) is 0 Å². The number of benzene rings is 2. The van der Waals surface area contributed by atoms with E-state index in [0.29, 0.717) is 30.9 Å². The third-order valence-electron chi connectivity index (χ3n) is 4.04. The summed E-state index contributed by atoms with van der Waals surface area (Å²) in [6.07, 6.45) is 1.76. The summed E-state index contributed by atoms with van der Waals surface area (Å²) in [6.45, 7) is 2.51. The van der Waals surface area contributed by atoms with E-state index < -0.39 is 0 Å². The maximum atomic E-state index is 11.4. The first-order chi connectivity index (χ1) is 12.2. The summed E-state index contributed by atoms with van der Waals surface area (Å²) in [6, 6.07) is 12.3. The molecule has 0 unspecified atom stereocenters. The van der Waals surface area contributed by atoms with Gasteiger partial charge in [-0.3, -0.25) is 19.7 Å². The normalized spacial score (nSPS) is 14.4. The molecule has 2 aromatic rings. The largest absolute Gasteiger partial charge is 0.375 e. The second-order valence-electron chi connectivity index (χ2n) is 5.87. The molecule has 130 valence electrons. The van der Waals surface area contributed by atoms with Gasteiger partial charge in [0.1, 0.15) is 12.0 Å². The van der Waals surface area contributed by atoms with Gasteiger partial charge in [0.05, 0.1) is 11.5 Å². The van der Waals surface area contributed by atoms with Crippen LogP contribution in [0.2, 0.25) is 0 Å². The van der Waals surface area contributed by atoms with Gasteiger partial charge in [-0.2, -0.15) is 5.06 Å². The fourth-order valence-electron chi connectivity index (χ4n) is 2.71. The van der Waals surface area contributed by atoms with Gasteiger partial charge >= 0.3 is 0 Å². The van der Waals surface area contributed by atoms with Crippen LogP contribution in [0.1, 0.15) is 27.9 Å². The average Bonchev–Trinajstić information content (AvgIpc) is 3.14. The van der Waals surface area contributed by atoms with Crippen molar-refractivity contribution in [3.63, 3.8) is 0 Å². The second-order valence-corrected chi connectivity index (χ2v) is 5.87. The Bertz CT molecular complexity index is 755. The van der Waals surface area contributed by atoms with Crippen molar-refractivity contribution in [2.45, 2.75) is 19.5 Å². The van der Waals surface area contributed by atoms with Crippen molar-refractivity contribution in [1.29, 1.82) is 0 Å². The lowest BCUT2D eigenvalue weighted by atomic mass is 10.1. The lowest BCUT2D eigenvalue weighted by Crippen LogP contribution is -2.17. The number of nitrogens with one attached hydrogen (secondary N) is 1. The van der Waals surface area contributed by atoms with Crippen LogP contribution < -0.4 is 5.32 Å². The third kappa shape index (κ3) is 4.40. The van der Waals surface area contributed by atoms with E-state index in [1.54, 1.807) is 24.3 Å². The topological polar surface area (TPSA) is 84.7 Å². The highest BCUT2D eigenvalue weighted by molar-refractivity contribution is 5.74. The number of nitro groups is 1. The summed E-state index contributed by atoms with van der Waals surface area (Å²) < 4.78 is 0. The van der Waals surface area contributed by atoms with Crippen molar-refractivity contribution in [1.82, 2.24) is 5.06 Å². The molecule has 7 heteroatoms. The summed E-state index contributed by atoms with van der Waals surface area (Å²) in [5.74, 6) is 0. The summed E-state index contributed by atoms with van der Waals surface area (Å²) in [5.41, 5.74) is 2.89. The molecule has 0 aliphatic carbocycles. The number of rotatable bonds is 7. The van der Waals surface area contributed by atoms with Crippen molar-refractivity contribution in [2.75, 3.05) is 18.5 Å². The highest BCUT2D eigenvalue weighted by atomic mass is 16.7. The Hall–Kier alpha value is -2.77. The molecule has 1 aliphatic heterocycles. The molecule has 1 fully saturated rings. The van der Waals surface area contributed by atoms with E-state index in [2.05, 4.69) is 5.32 Å². The minimum Gasteiger partial charge on any atom is -0.375 e. The first kappa shape index (κ1) is 17.1. The Labute approximate surface area is 145 Å². The zero-order valence-electron chi connectivity index (χ0n) is 13.7. The molecular weight excluding hydrogens is 322 g/mol. The number of carbonyl (C=O) groups is 1. The van der Waals surface area contributed by atoms with Gasteiger partial charge in [0.25, 0.3) is 5.69 Å². The summed E-state index contributed by atoms with van der Waals surface area (Å²) in [5, 5.41) is 16.3. The maximum Gasteiger partial charge on any atom is 0.292 e. The lowest BCUT2D eigenvalue weighted by Gasteiger charge is -2.14. The van der Waals surface area contributed by atoms with Crippen LogP contribution in [0, 0.1) is 10.1 Å². The van der Waals surface area contributed by atoms with Gasteiger partial charge in [-0.1, -0.05) is 30.3 Å². The molecule has 2 aromatic carbocycles. The standard InChI is InChI=1S/C18H19N3O4/c22-13-15-4-2-14(3-5-15)11-19-17-7-6-16(10-18(17)21(23)24)12-20-8-1-9-25-20/h2-7,10,13,19H,1,8-9,11-12H2. The van der Waals surface area contributed by atoms with Crippen molar-refractivity contribution in [3.05, 3.63) is 69.3 Å².